The molecule has 0 saturated heterocycles. The minimum Gasteiger partial charge on any atom is -0.345 e. The standard InChI is InChI=1S/C22H20N2S/c1-14(18-8-9-19-20(12-18)24-13-23-19)15-2-4-16(5-3-15)21-10-11-22(25-21)17-6-7-17/h2-5,8-14,17H,6-7H2,1H3,(H,23,24). The molecule has 1 unspecified atom stereocenters. The Balaban J connectivity index is 1.41. The molecule has 0 amide bonds. The Kier molecular flexibility index (Phi) is 3.49. The number of thiophene rings is 1. The highest BCUT2D eigenvalue weighted by atomic mass is 32.1. The first-order chi connectivity index (χ1) is 12.3. The van der Waals surface area contributed by atoms with Crippen LogP contribution in [-0.2, 0) is 0 Å². The van der Waals surface area contributed by atoms with E-state index in [2.05, 4.69) is 71.5 Å². The lowest BCUT2D eigenvalue weighted by Gasteiger charge is -2.13. The summed E-state index contributed by atoms with van der Waals surface area (Å²) < 4.78 is 0. The second kappa shape index (κ2) is 5.85. The summed E-state index contributed by atoms with van der Waals surface area (Å²) in [6, 6.07) is 20.2. The average Bonchev–Trinajstić information content (AvgIpc) is 3.20. The Morgan fingerprint density at radius 1 is 1.00 bits per heavy atom. The van der Waals surface area contributed by atoms with Crippen molar-refractivity contribution in [1.29, 1.82) is 0 Å². The molecule has 1 aliphatic carbocycles. The van der Waals surface area contributed by atoms with Crippen LogP contribution in [0.3, 0.4) is 0 Å². The van der Waals surface area contributed by atoms with Crippen LogP contribution in [0.25, 0.3) is 21.5 Å². The Morgan fingerprint density at radius 2 is 1.80 bits per heavy atom. The molecule has 1 aliphatic rings. The van der Waals surface area contributed by atoms with Crippen LogP contribution in [0.1, 0.15) is 47.6 Å². The molecule has 5 rings (SSSR count). The number of nitrogens with one attached hydrogen (secondary N) is 1. The van der Waals surface area contributed by atoms with Crippen LogP contribution in [0, 0.1) is 0 Å². The van der Waals surface area contributed by atoms with Crippen molar-refractivity contribution < 1.29 is 0 Å². The quantitative estimate of drug-likeness (QED) is 0.461. The topological polar surface area (TPSA) is 28.7 Å². The summed E-state index contributed by atoms with van der Waals surface area (Å²) in [6.07, 6.45) is 4.50. The zero-order valence-corrected chi connectivity index (χ0v) is 15.0. The van der Waals surface area contributed by atoms with Gasteiger partial charge in [0.2, 0.25) is 0 Å². The molecule has 1 saturated carbocycles. The van der Waals surface area contributed by atoms with Crippen LogP contribution < -0.4 is 0 Å². The third kappa shape index (κ3) is 2.79. The monoisotopic (exact) mass is 344 g/mol. The molecule has 1 atom stereocenters. The highest BCUT2D eigenvalue weighted by Crippen LogP contribution is 2.45. The number of benzene rings is 2. The van der Waals surface area contributed by atoms with Gasteiger partial charge in [-0.1, -0.05) is 37.3 Å². The van der Waals surface area contributed by atoms with E-state index in [4.69, 9.17) is 0 Å². The van der Waals surface area contributed by atoms with E-state index in [-0.39, 0.29) is 0 Å². The molecule has 2 aromatic carbocycles. The molecule has 124 valence electrons. The average molecular weight is 344 g/mol. The van der Waals surface area contributed by atoms with Gasteiger partial charge >= 0.3 is 0 Å². The molecule has 2 nitrogen and oxygen atoms in total. The maximum absolute atomic E-state index is 4.30. The first-order valence-electron chi connectivity index (χ1n) is 8.91. The number of fused-ring (bicyclic) bond motifs is 1. The molecule has 1 fully saturated rings. The van der Waals surface area contributed by atoms with E-state index < -0.39 is 0 Å². The van der Waals surface area contributed by atoms with Gasteiger partial charge in [0.25, 0.3) is 0 Å². The Morgan fingerprint density at radius 3 is 2.60 bits per heavy atom. The molecule has 0 spiro atoms. The van der Waals surface area contributed by atoms with E-state index in [9.17, 15) is 0 Å². The van der Waals surface area contributed by atoms with Crippen molar-refractivity contribution in [3.63, 3.8) is 0 Å². The van der Waals surface area contributed by atoms with Crippen molar-refractivity contribution in [2.24, 2.45) is 0 Å². The van der Waals surface area contributed by atoms with Crippen LogP contribution >= 0.6 is 11.3 Å². The second-order valence-corrected chi connectivity index (χ2v) is 8.11. The van der Waals surface area contributed by atoms with E-state index in [1.807, 2.05) is 11.3 Å². The van der Waals surface area contributed by atoms with Crippen molar-refractivity contribution in [3.05, 3.63) is 76.9 Å². The highest BCUT2D eigenvalue weighted by Gasteiger charge is 2.25. The van der Waals surface area contributed by atoms with Gasteiger partial charge in [-0.3, -0.25) is 0 Å². The maximum atomic E-state index is 4.30. The molecular formula is C22H20N2S. The van der Waals surface area contributed by atoms with Crippen molar-refractivity contribution in [2.45, 2.75) is 31.6 Å². The molecule has 3 heteroatoms. The van der Waals surface area contributed by atoms with Gasteiger partial charge in [0.1, 0.15) is 0 Å². The molecule has 0 aliphatic heterocycles. The largest absolute Gasteiger partial charge is 0.345 e. The maximum Gasteiger partial charge on any atom is 0.0931 e. The van der Waals surface area contributed by atoms with E-state index in [1.54, 1.807) is 11.2 Å². The van der Waals surface area contributed by atoms with E-state index in [0.717, 1.165) is 17.0 Å². The van der Waals surface area contributed by atoms with Crippen molar-refractivity contribution in [2.75, 3.05) is 0 Å². The molecule has 25 heavy (non-hydrogen) atoms. The van der Waals surface area contributed by atoms with E-state index >= 15 is 0 Å². The number of nitrogens with zero attached hydrogens (tertiary/aromatic N) is 1. The fourth-order valence-corrected chi connectivity index (χ4v) is 4.63. The first kappa shape index (κ1) is 14.9. The lowest BCUT2D eigenvalue weighted by atomic mass is 9.92. The van der Waals surface area contributed by atoms with Gasteiger partial charge in [-0.05, 0) is 59.7 Å². The number of aromatic nitrogens is 2. The zero-order chi connectivity index (χ0) is 16.8. The SMILES string of the molecule is CC(c1ccc(-c2ccc(C3CC3)s2)cc1)c1ccc2nc[nH]c2c1. The lowest BCUT2D eigenvalue weighted by molar-refractivity contribution is 0.924. The van der Waals surface area contributed by atoms with Crippen molar-refractivity contribution in [3.8, 4) is 10.4 Å². The Hall–Kier alpha value is -2.39. The minimum absolute atomic E-state index is 0.368. The molecule has 2 aromatic heterocycles. The molecule has 0 radical (unpaired) electrons. The molecule has 4 aromatic rings. The lowest BCUT2D eigenvalue weighted by Crippen LogP contribution is -1.95. The van der Waals surface area contributed by atoms with Gasteiger partial charge in [-0.2, -0.15) is 0 Å². The Labute approximate surface area is 151 Å². The van der Waals surface area contributed by atoms with Crippen LogP contribution in [-0.4, -0.2) is 9.97 Å². The number of imidazole rings is 1. The third-order valence-corrected chi connectivity index (χ3v) is 6.54. The summed E-state index contributed by atoms with van der Waals surface area (Å²) in [5.74, 6) is 1.21. The molecule has 0 bridgehead atoms. The predicted octanol–water partition coefficient (Wildman–Crippen LogP) is 6.32. The summed E-state index contributed by atoms with van der Waals surface area (Å²) in [5.41, 5.74) is 6.12. The summed E-state index contributed by atoms with van der Waals surface area (Å²) in [7, 11) is 0. The van der Waals surface area contributed by atoms with Gasteiger partial charge in [0.05, 0.1) is 17.4 Å². The van der Waals surface area contributed by atoms with Gasteiger partial charge in [-0.25, -0.2) is 4.98 Å². The fraction of sp³-hybridized carbons (Fsp3) is 0.227. The highest BCUT2D eigenvalue weighted by molar-refractivity contribution is 7.15. The van der Waals surface area contributed by atoms with Crippen LogP contribution in [0.15, 0.2) is 60.9 Å². The number of hydrogen-bond donors (Lipinski definition) is 1. The van der Waals surface area contributed by atoms with E-state index in [1.165, 1.54) is 34.4 Å². The molecule has 2 heterocycles. The summed E-state index contributed by atoms with van der Waals surface area (Å²) in [5, 5.41) is 0. The third-order valence-electron chi connectivity index (χ3n) is 5.25. The summed E-state index contributed by atoms with van der Waals surface area (Å²) >= 11 is 1.96. The van der Waals surface area contributed by atoms with Crippen LogP contribution in [0.2, 0.25) is 0 Å². The Bertz CT molecular complexity index is 1020. The fourth-order valence-electron chi connectivity index (χ4n) is 3.45. The van der Waals surface area contributed by atoms with Gasteiger partial charge in [0, 0.05) is 15.7 Å². The molecular weight excluding hydrogens is 324 g/mol. The minimum atomic E-state index is 0.368. The second-order valence-electron chi connectivity index (χ2n) is 7.00. The number of hydrogen-bond acceptors (Lipinski definition) is 2. The number of aromatic amines is 1. The summed E-state index contributed by atoms with van der Waals surface area (Å²) in [6.45, 7) is 2.27. The van der Waals surface area contributed by atoms with Crippen LogP contribution in [0.5, 0.6) is 0 Å². The van der Waals surface area contributed by atoms with Crippen molar-refractivity contribution in [1.82, 2.24) is 9.97 Å². The smallest absolute Gasteiger partial charge is 0.0931 e. The van der Waals surface area contributed by atoms with Gasteiger partial charge in [-0.15, -0.1) is 11.3 Å². The normalized spacial score (nSPS) is 15.6. The van der Waals surface area contributed by atoms with Crippen LogP contribution in [0.4, 0.5) is 0 Å². The van der Waals surface area contributed by atoms with Gasteiger partial charge < -0.3 is 4.98 Å². The predicted molar refractivity (Wildman–Crippen MR) is 105 cm³/mol. The molecule has 1 N–H and O–H groups in total. The zero-order valence-electron chi connectivity index (χ0n) is 14.2. The number of H-pyrrole nitrogens is 1. The van der Waals surface area contributed by atoms with E-state index in [0.29, 0.717) is 5.92 Å². The number of rotatable bonds is 4. The van der Waals surface area contributed by atoms with Crippen molar-refractivity contribution >= 4 is 22.4 Å². The first-order valence-corrected chi connectivity index (χ1v) is 9.73. The summed E-state index contributed by atoms with van der Waals surface area (Å²) in [4.78, 5) is 10.4. The van der Waals surface area contributed by atoms with Gasteiger partial charge in [0.15, 0.2) is 0 Å².